The maximum Gasteiger partial charge on any atom is 0.163 e. The van der Waals surface area contributed by atoms with Crippen LogP contribution in [0.15, 0.2) is 18.2 Å². The molecular formula is C13H21NO2. The fourth-order valence-corrected chi connectivity index (χ4v) is 1.68. The molecule has 3 nitrogen and oxygen atoms in total. The van der Waals surface area contributed by atoms with Crippen LogP contribution in [0.25, 0.3) is 0 Å². The molecule has 0 spiro atoms. The van der Waals surface area contributed by atoms with Crippen molar-refractivity contribution in [2.75, 3.05) is 20.8 Å². The van der Waals surface area contributed by atoms with Crippen LogP contribution >= 0.6 is 0 Å². The van der Waals surface area contributed by atoms with E-state index in [9.17, 15) is 0 Å². The van der Waals surface area contributed by atoms with Crippen LogP contribution in [0, 0.1) is 5.41 Å². The van der Waals surface area contributed by atoms with Crippen LogP contribution in [0.5, 0.6) is 11.5 Å². The monoisotopic (exact) mass is 223 g/mol. The molecule has 16 heavy (non-hydrogen) atoms. The number of benzene rings is 1. The largest absolute Gasteiger partial charge is 0.493 e. The Labute approximate surface area is 97.6 Å². The van der Waals surface area contributed by atoms with Gasteiger partial charge in [-0.25, -0.2) is 0 Å². The second-order valence-corrected chi connectivity index (χ2v) is 4.70. The van der Waals surface area contributed by atoms with E-state index in [0.29, 0.717) is 6.54 Å². The van der Waals surface area contributed by atoms with E-state index in [0.717, 1.165) is 23.5 Å². The molecule has 0 saturated heterocycles. The zero-order valence-corrected chi connectivity index (χ0v) is 10.5. The Kier molecular flexibility index (Phi) is 4.19. The number of nitrogens with two attached hydrogens (primary N) is 1. The molecule has 1 rings (SSSR count). The van der Waals surface area contributed by atoms with Crippen LogP contribution in [0.4, 0.5) is 0 Å². The second kappa shape index (κ2) is 5.21. The first-order valence-electron chi connectivity index (χ1n) is 5.44. The van der Waals surface area contributed by atoms with Gasteiger partial charge in [0.2, 0.25) is 0 Å². The molecule has 0 saturated carbocycles. The van der Waals surface area contributed by atoms with Crippen molar-refractivity contribution in [3.05, 3.63) is 23.8 Å². The highest BCUT2D eigenvalue weighted by molar-refractivity contribution is 5.46. The van der Waals surface area contributed by atoms with Crippen molar-refractivity contribution in [2.45, 2.75) is 20.3 Å². The molecule has 0 atom stereocenters. The maximum absolute atomic E-state index is 5.74. The highest BCUT2D eigenvalue weighted by atomic mass is 16.5. The van der Waals surface area contributed by atoms with E-state index in [1.807, 2.05) is 12.1 Å². The summed E-state index contributed by atoms with van der Waals surface area (Å²) in [5.41, 5.74) is 6.95. The third-order valence-corrected chi connectivity index (χ3v) is 2.71. The van der Waals surface area contributed by atoms with Gasteiger partial charge in [0.15, 0.2) is 11.5 Å². The lowest BCUT2D eigenvalue weighted by molar-refractivity contribution is 0.335. The van der Waals surface area contributed by atoms with E-state index < -0.39 is 0 Å². The van der Waals surface area contributed by atoms with E-state index in [2.05, 4.69) is 19.9 Å². The van der Waals surface area contributed by atoms with E-state index in [1.165, 1.54) is 0 Å². The molecule has 0 radical (unpaired) electrons. The SMILES string of the molecule is COc1cccc(CC(C)(C)CN)c1OC. The highest BCUT2D eigenvalue weighted by Crippen LogP contribution is 2.34. The normalized spacial score (nSPS) is 11.3. The zero-order valence-electron chi connectivity index (χ0n) is 10.5. The summed E-state index contributed by atoms with van der Waals surface area (Å²) >= 11 is 0. The summed E-state index contributed by atoms with van der Waals surface area (Å²) in [6.07, 6.45) is 0.879. The fourth-order valence-electron chi connectivity index (χ4n) is 1.68. The van der Waals surface area contributed by atoms with Gasteiger partial charge in [-0.15, -0.1) is 0 Å². The van der Waals surface area contributed by atoms with Gasteiger partial charge in [-0.2, -0.15) is 0 Å². The molecule has 1 aromatic rings. The Bertz CT molecular complexity index is 348. The number of ether oxygens (including phenoxy) is 2. The molecular weight excluding hydrogens is 202 g/mol. The van der Waals surface area contributed by atoms with Crippen LogP contribution in [0.3, 0.4) is 0 Å². The first-order chi connectivity index (χ1) is 7.54. The van der Waals surface area contributed by atoms with Crippen LogP contribution in [0.2, 0.25) is 0 Å². The fraction of sp³-hybridized carbons (Fsp3) is 0.538. The first-order valence-corrected chi connectivity index (χ1v) is 5.44. The van der Waals surface area contributed by atoms with Gasteiger partial charge < -0.3 is 15.2 Å². The average Bonchev–Trinajstić information content (AvgIpc) is 2.28. The van der Waals surface area contributed by atoms with Crippen molar-refractivity contribution in [3.63, 3.8) is 0 Å². The lowest BCUT2D eigenvalue weighted by Crippen LogP contribution is -2.26. The molecule has 0 amide bonds. The van der Waals surface area contributed by atoms with Gasteiger partial charge in [0.25, 0.3) is 0 Å². The van der Waals surface area contributed by atoms with Crippen molar-refractivity contribution in [3.8, 4) is 11.5 Å². The van der Waals surface area contributed by atoms with Crippen molar-refractivity contribution in [2.24, 2.45) is 11.1 Å². The number of hydrogen-bond donors (Lipinski definition) is 1. The predicted octanol–water partition coefficient (Wildman–Crippen LogP) is 2.23. The summed E-state index contributed by atoms with van der Waals surface area (Å²) in [6.45, 7) is 4.94. The summed E-state index contributed by atoms with van der Waals surface area (Å²) in [4.78, 5) is 0. The van der Waals surface area contributed by atoms with Gasteiger partial charge in [-0.1, -0.05) is 26.0 Å². The van der Waals surface area contributed by atoms with E-state index in [1.54, 1.807) is 14.2 Å². The minimum absolute atomic E-state index is 0.0691. The summed E-state index contributed by atoms with van der Waals surface area (Å²) in [5.74, 6) is 1.58. The van der Waals surface area contributed by atoms with Gasteiger partial charge in [-0.3, -0.25) is 0 Å². The molecule has 0 aliphatic carbocycles. The lowest BCUT2D eigenvalue weighted by Gasteiger charge is -2.24. The van der Waals surface area contributed by atoms with E-state index in [-0.39, 0.29) is 5.41 Å². The molecule has 2 N–H and O–H groups in total. The highest BCUT2D eigenvalue weighted by Gasteiger charge is 2.20. The zero-order chi connectivity index (χ0) is 12.2. The second-order valence-electron chi connectivity index (χ2n) is 4.70. The molecule has 0 aliphatic rings. The molecule has 0 unspecified atom stereocenters. The van der Waals surface area contributed by atoms with Crippen LogP contribution in [-0.4, -0.2) is 20.8 Å². The average molecular weight is 223 g/mol. The smallest absolute Gasteiger partial charge is 0.163 e. The first kappa shape index (κ1) is 12.8. The van der Waals surface area contributed by atoms with E-state index in [4.69, 9.17) is 15.2 Å². The number of para-hydroxylation sites is 1. The lowest BCUT2D eigenvalue weighted by atomic mass is 9.85. The minimum Gasteiger partial charge on any atom is -0.493 e. The van der Waals surface area contributed by atoms with Gasteiger partial charge in [0.05, 0.1) is 14.2 Å². The molecule has 0 aliphatic heterocycles. The molecule has 1 aromatic carbocycles. The number of methoxy groups -OCH3 is 2. The van der Waals surface area contributed by atoms with Crippen molar-refractivity contribution in [1.29, 1.82) is 0 Å². The van der Waals surface area contributed by atoms with Gasteiger partial charge in [-0.05, 0) is 30.0 Å². The molecule has 3 heteroatoms. The van der Waals surface area contributed by atoms with Gasteiger partial charge >= 0.3 is 0 Å². The quantitative estimate of drug-likeness (QED) is 0.832. The Morgan fingerprint density at radius 3 is 2.38 bits per heavy atom. The summed E-state index contributed by atoms with van der Waals surface area (Å²) < 4.78 is 10.7. The molecule has 90 valence electrons. The topological polar surface area (TPSA) is 44.5 Å². The Morgan fingerprint density at radius 1 is 1.19 bits per heavy atom. The molecule has 0 fully saturated rings. The minimum atomic E-state index is 0.0691. The van der Waals surface area contributed by atoms with Crippen LogP contribution in [0.1, 0.15) is 19.4 Å². The predicted molar refractivity (Wildman–Crippen MR) is 66.1 cm³/mol. The van der Waals surface area contributed by atoms with Crippen LogP contribution < -0.4 is 15.2 Å². The van der Waals surface area contributed by atoms with Gasteiger partial charge in [0.1, 0.15) is 0 Å². The number of rotatable bonds is 5. The molecule has 0 heterocycles. The van der Waals surface area contributed by atoms with Crippen molar-refractivity contribution < 1.29 is 9.47 Å². The third kappa shape index (κ3) is 2.89. The van der Waals surface area contributed by atoms with Crippen molar-refractivity contribution >= 4 is 0 Å². The molecule has 0 bridgehead atoms. The summed E-state index contributed by atoms with van der Waals surface area (Å²) in [6, 6.07) is 5.93. The Morgan fingerprint density at radius 2 is 1.88 bits per heavy atom. The molecule has 0 aromatic heterocycles. The standard InChI is InChI=1S/C13H21NO2/c1-13(2,9-14)8-10-6-5-7-11(15-3)12(10)16-4/h5-7H,8-9,14H2,1-4H3. The Balaban J connectivity index is 3.04. The maximum atomic E-state index is 5.74. The van der Waals surface area contributed by atoms with Gasteiger partial charge in [0, 0.05) is 0 Å². The third-order valence-electron chi connectivity index (χ3n) is 2.71. The Hall–Kier alpha value is -1.22. The van der Waals surface area contributed by atoms with Crippen molar-refractivity contribution in [1.82, 2.24) is 0 Å². The van der Waals surface area contributed by atoms with E-state index >= 15 is 0 Å². The van der Waals surface area contributed by atoms with Crippen LogP contribution in [-0.2, 0) is 6.42 Å². The summed E-state index contributed by atoms with van der Waals surface area (Å²) in [5, 5.41) is 0. The number of hydrogen-bond acceptors (Lipinski definition) is 3. The summed E-state index contributed by atoms with van der Waals surface area (Å²) in [7, 11) is 3.31.